The molecular formula is C44H33N3. The molecule has 0 aromatic heterocycles. The van der Waals surface area contributed by atoms with Crippen molar-refractivity contribution in [2.24, 2.45) is 0 Å². The van der Waals surface area contributed by atoms with Gasteiger partial charge in [-0.1, -0.05) is 122 Å². The second-order valence-corrected chi connectivity index (χ2v) is 12.0. The Morgan fingerprint density at radius 3 is 1.87 bits per heavy atom. The van der Waals surface area contributed by atoms with Crippen LogP contribution in [0.1, 0.15) is 46.7 Å². The molecule has 0 fully saturated rings. The maximum Gasteiger partial charge on any atom is 0.101 e. The molecule has 0 aliphatic heterocycles. The number of anilines is 3. The molecule has 0 heterocycles. The summed E-state index contributed by atoms with van der Waals surface area (Å²) in [5.41, 5.74) is 8.80. The summed E-state index contributed by atoms with van der Waals surface area (Å²) < 4.78 is 0. The minimum absolute atomic E-state index is 0.439. The topological polar surface area (TPSA) is 50.8 Å². The van der Waals surface area contributed by atoms with Gasteiger partial charge in [-0.2, -0.15) is 10.5 Å². The largest absolute Gasteiger partial charge is 0.310 e. The molecule has 7 aromatic rings. The Bertz CT molecular complexity index is 2380. The number of hydrogen-bond donors (Lipinski definition) is 0. The van der Waals surface area contributed by atoms with Crippen molar-refractivity contribution >= 4 is 61.5 Å². The summed E-state index contributed by atoms with van der Waals surface area (Å²) >= 11 is 0. The van der Waals surface area contributed by atoms with E-state index in [4.69, 9.17) is 0 Å². The average Bonchev–Trinajstić information content (AvgIpc) is 3.11. The number of nitriles is 2. The number of aryl methyl sites for hydroxylation is 2. The van der Waals surface area contributed by atoms with Crippen LogP contribution in [-0.4, -0.2) is 0 Å². The zero-order valence-corrected chi connectivity index (χ0v) is 26.5. The Morgan fingerprint density at radius 1 is 0.574 bits per heavy atom. The molecule has 0 radical (unpaired) electrons. The van der Waals surface area contributed by atoms with Crippen molar-refractivity contribution in [1.82, 2.24) is 0 Å². The lowest BCUT2D eigenvalue weighted by molar-refractivity contribution is 0.924. The van der Waals surface area contributed by atoms with Gasteiger partial charge in [0.1, 0.15) is 12.1 Å². The van der Waals surface area contributed by atoms with Gasteiger partial charge in [0.25, 0.3) is 0 Å². The number of rotatable bonds is 7. The van der Waals surface area contributed by atoms with E-state index in [1.807, 2.05) is 18.2 Å². The van der Waals surface area contributed by atoms with E-state index >= 15 is 0 Å². The van der Waals surface area contributed by atoms with Crippen LogP contribution in [0, 0.1) is 29.6 Å². The molecule has 0 spiro atoms. The first-order valence-electron chi connectivity index (χ1n) is 16.0. The maximum absolute atomic E-state index is 10.0. The first kappa shape index (κ1) is 29.5. The SMILES string of the molecule is CCCc1ccc2c(C#N)c(C#N)c3ccc(C=Cc4ccc(N(c5ccc(C)cc5)c5cccc6ccccc56)cc4)cc3c2c1. The summed E-state index contributed by atoms with van der Waals surface area (Å²) in [6.07, 6.45) is 6.25. The summed E-state index contributed by atoms with van der Waals surface area (Å²) in [6.45, 7) is 4.28. The second kappa shape index (κ2) is 12.7. The van der Waals surface area contributed by atoms with Gasteiger partial charge in [0.2, 0.25) is 0 Å². The number of fused-ring (bicyclic) bond motifs is 4. The summed E-state index contributed by atoms with van der Waals surface area (Å²) in [5, 5.41) is 26.1. The third kappa shape index (κ3) is 5.61. The molecule has 0 amide bonds. The summed E-state index contributed by atoms with van der Waals surface area (Å²) in [4.78, 5) is 2.32. The van der Waals surface area contributed by atoms with Crippen molar-refractivity contribution in [3.63, 3.8) is 0 Å². The van der Waals surface area contributed by atoms with E-state index in [1.165, 1.54) is 21.9 Å². The summed E-state index contributed by atoms with van der Waals surface area (Å²) in [7, 11) is 0. The quantitative estimate of drug-likeness (QED) is 0.134. The van der Waals surface area contributed by atoms with Crippen LogP contribution in [0.2, 0.25) is 0 Å². The zero-order chi connectivity index (χ0) is 32.3. The molecule has 0 saturated carbocycles. The fourth-order valence-electron chi connectivity index (χ4n) is 6.54. The smallest absolute Gasteiger partial charge is 0.101 e. The van der Waals surface area contributed by atoms with Gasteiger partial charge >= 0.3 is 0 Å². The molecule has 0 aliphatic rings. The monoisotopic (exact) mass is 603 g/mol. The van der Waals surface area contributed by atoms with Crippen LogP contribution in [0.15, 0.2) is 127 Å². The van der Waals surface area contributed by atoms with Gasteiger partial charge in [-0.15, -0.1) is 0 Å². The predicted molar refractivity (Wildman–Crippen MR) is 197 cm³/mol. The molecule has 0 aliphatic carbocycles. The Balaban J connectivity index is 1.27. The van der Waals surface area contributed by atoms with Crippen LogP contribution < -0.4 is 4.90 Å². The molecule has 3 nitrogen and oxygen atoms in total. The van der Waals surface area contributed by atoms with E-state index in [9.17, 15) is 10.5 Å². The van der Waals surface area contributed by atoms with E-state index in [1.54, 1.807) is 0 Å². The minimum atomic E-state index is 0.439. The molecule has 7 rings (SSSR count). The minimum Gasteiger partial charge on any atom is -0.310 e. The molecular weight excluding hydrogens is 571 g/mol. The third-order valence-electron chi connectivity index (χ3n) is 8.89. The van der Waals surface area contributed by atoms with Crippen molar-refractivity contribution < 1.29 is 0 Å². The highest BCUT2D eigenvalue weighted by molar-refractivity contribution is 6.13. The first-order chi connectivity index (χ1) is 23.1. The van der Waals surface area contributed by atoms with Gasteiger partial charge in [-0.25, -0.2) is 0 Å². The van der Waals surface area contributed by atoms with Gasteiger partial charge in [-0.3, -0.25) is 0 Å². The Morgan fingerprint density at radius 2 is 1.17 bits per heavy atom. The highest BCUT2D eigenvalue weighted by atomic mass is 15.1. The van der Waals surface area contributed by atoms with E-state index < -0.39 is 0 Å². The molecule has 0 saturated heterocycles. The van der Waals surface area contributed by atoms with Crippen molar-refractivity contribution in [2.75, 3.05) is 4.90 Å². The zero-order valence-electron chi connectivity index (χ0n) is 26.5. The molecule has 0 atom stereocenters. The van der Waals surface area contributed by atoms with Gasteiger partial charge in [0.05, 0.1) is 16.8 Å². The number of nitrogens with zero attached hydrogens (tertiary/aromatic N) is 3. The average molecular weight is 604 g/mol. The number of hydrogen-bond acceptors (Lipinski definition) is 3. The van der Waals surface area contributed by atoms with Gasteiger partial charge < -0.3 is 4.90 Å². The fraction of sp³-hybridized carbons (Fsp3) is 0.0909. The van der Waals surface area contributed by atoms with E-state index in [2.05, 4.69) is 152 Å². The van der Waals surface area contributed by atoms with Gasteiger partial charge in [-0.05, 0) is 82.6 Å². The predicted octanol–water partition coefficient (Wildman–Crippen LogP) is 11.8. The van der Waals surface area contributed by atoms with Crippen molar-refractivity contribution in [3.8, 4) is 12.1 Å². The first-order valence-corrected chi connectivity index (χ1v) is 16.0. The standard InChI is InChI=1S/C44H33N3/c1-3-7-32-18-24-38-40(26-32)41-27-33(19-25-39(41)43(29-46)42(38)28-45)15-14-31-16-22-36(23-17-31)47(35-20-12-30(2)13-21-35)44-11-6-9-34-8-4-5-10-37(34)44/h4-6,8-27H,3,7H2,1-2H3. The molecule has 3 heteroatoms. The fourth-order valence-corrected chi connectivity index (χ4v) is 6.54. The van der Waals surface area contributed by atoms with Gasteiger partial charge in [0.15, 0.2) is 0 Å². The van der Waals surface area contributed by atoms with Crippen molar-refractivity contribution in [3.05, 3.63) is 161 Å². The lowest BCUT2D eigenvalue weighted by Crippen LogP contribution is -2.10. The lowest BCUT2D eigenvalue weighted by atomic mass is 9.90. The van der Waals surface area contributed by atoms with Crippen LogP contribution in [0.5, 0.6) is 0 Å². The molecule has 0 bridgehead atoms. The second-order valence-electron chi connectivity index (χ2n) is 12.0. The third-order valence-corrected chi connectivity index (χ3v) is 8.89. The maximum atomic E-state index is 10.0. The van der Waals surface area contributed by atoms with Crippen LogP contribution >= 0.6 is 0 Å². The van der Waals surface area contributed by atoms with Crippen LogP contribution in [0.4, 0.5) is 17.1 Å². The van der Waals surface area contributed by atoms with Crippen molar-refractivity contribution in [1.29, 1.82) is 10.5 Å². The van der Waals surface area contributed by atoms with Crippen LogP contribution in [0.3, 0.4) is 0 Å². The van der Waals surface area contributed by atoms with Crippen molar-refractivity contribution in [2.45, 2.75) is 26.7 Å². The Kier molecular flexibility index (Phi) is 7.97. The van der Waals surface area contributed by atoms with Gasteiger partial charge in [0, 0.05) is 27.5 Å². The molecule has 0 unspecified atom stereocenters. The molecule has 0 N–H and O–H groups in total. The summed E-state index contributed by atoms with van der Waals surface area (Å²) in [5.74, 6) is 0. The van der Waals surface area contributed by atoms with E-state index in [0.717, 1.165) is 62.6 Å². The molecule has 47 heavy (non-hydrogen) atoms. The van der Waals surface area contributed by atoms with Crippen LogP contribution in [0.25, 0.3) is 44.5 Å². The van der Waals surface area contributed by atoms with E-state index in [-0.39, 0.29) is 0 Å². The van der Waals surface area contributed by atoms with Crippen LogP contribution in [-0.2, 0) is 6.42 Å². The van der Waals surface area contributed by atoms with E-state index in [0.29, 0.717) is 11.1 Å². The normalized spacial score (nSPS) is 11.2. The Hall–Kier alpha value is -6.16. The summed E-state index contributed by atoms with van der Waals surface area (Å²) in [6, 6.07) is 49.3. The number of benzene rings is 7. The molecule has 7 aromatic carbocycles. The lowest BCUT2D eigenvalue weighted by Gasteiger charge is -2.27. The Labute approximate surface area is 275 Å². The molecule has 224 valence electrons. The highest BCUT2D eigenvalue weighted by Crippen LogP contribution is 2.39. The highest BCUT2D eigenvalue weighted by Gasteiger charge is 2.16.